The smallest absolute Gasteiger partial charge is 0.324 e. The van der Waals surface area contributed by atoms with Gasteiger partial charge < -0.3 is 5.32 Å². The monoisotopic (exact) mass is 416 g/mol. The Morgan fingerprint density at radius 3 is 2.43 bits per heavy atom. The highest BCUT2D eigenvalue weighted by Gasteiger charge is 2.37. The normalized spacial score (nSPS) is 14.2. The van der Waals surface area contributed by atoms with Crippen LogP contribution in [-0.4, -0.2) is 26.5 Å². The zero-order chi connectivity index (χ0) is 21.6. The number of hydrogen-bond acceptors (Lipinski definition) is 4. The summed E-state index contributed by atoms with van der Waals surface area (Å²) in [5.41, 5.74) is 0.839. The average Bonchev–Trinajstić information content (AvgIpc) is 3.47. The van der Waals surface area contributed by atoms with Crippen LogP contribution in [0.1, 0.15) is 53.0 Å². The van der Waals surface area contributed by atoms with Crippen LogP contribution in [-0.2, 0) is 17.5 Å². The van der Waals surface area contributed by atoms with Gasteiger partial charge in [-0.2, -0.15) is 18.3 Å². The molecule has 1 aromatic carbocycles. The number of anilines is 1. The molecule has 0 saturated heterocycles. The lowest BCUT2D eigenvalue weighted by molar-refractivity contribution is -0.136. The molecule has 0 radical (unpaired) electrons. The van der Waals surface area contributed by atoms with Gasteiger partial charge in [-0.05, 0) is 57.0 Å². The molecule has 1 N–H and O–H groups in total. The Morgan fingerprint density at radius 1 is 1.20 bits per heavy atom. The molecule has 9 heteroatoms. The van der Waals surface area contributed by atoms with Gasteiger partial charge >= 0.3 is 6.18 Å². The van der Waals surface area contributed by atoms with E-state index >= 15 is 0 Å². The number of ketones is 1. The van der Waals surface area contributed by atoms with Crippen LogP contribution in [0.15, 0.2) is 30.3 Å². The Labute approximate surface area is 170 Å². The predicted molar refractivity (Wildman–Crippen MR) is 104 cm³/mol. The molecule has 1 amide bonds. The number of fused-ring (bicyclic) bond motifs is 1. The van der Waals surface area contributed by atoms with Crippen molar-refractivity contribution in [3.63, 3.8) is 0 Å². The SMILES string of the molecule is CC(=O)c1ccc(NC(=O)Cn2nc(C)c3c(C(F)(F)F)cc(C4CC4)nc32)cc1. The number of alkyl halides is 3. The maximum Gasteiger partial charge on any atom is 0.417 e. The van der Waals surface area contributed by atoms with E-state index in [0.29, 0.717) is 16.9 Å². The van der Waals surface area contributed by atoms with Crippen molar-refractivity contribution in [3.05, 3.63) is 52.8 Å². The molecule has 2 heterocycles. The van der Waals surface area contributed by atoms with Gasteiger partial charge in [-0.3, -0.25) is 9.59 Å². The lowest BCUT2D eigenvalue weighted by Crippen LogP contribution is -2.20. The van der Waals surface area contributed by atoms with Crippen molar-refractivity contribution in [2.45, 2.75) is 45.3 Å². The number of aryl methyl sites for hydroxylation is 1. The van der Waals surface area contributed by atoms with Crippen LogP contribution in [0.5, 0.6) is 0 Å². The quantitative estimate of drug-likeness (QED) is 0.623. The van der Waals surface area contributed by atoms with Gasteiger partial charge in [0.05, 0.1) is 16.6 Å². The van der Waals surface area contributed by atoms with Gasteiger partial charge in [-0.1, -0.05) is 0 Å². The van der Waals surface area contributed by atoms with Crippen LogP contribution in [0.2, 0.25) is 0 Å². The lowest BCUT2D eigenvalue weighted by atomic mass is 10.1. The molecule has 0 spiro atoms. The lowest BCUT2D eigenvalue weighted by Gasteiger charge is -2.11. The molecule has 0 bridgehead atoms. The summed E-state index contributed by atoms with van der Waals surface area (Å²) in [5.74, 6) is -0.528. The highest BCUT2D eigenvalue weighted by Crippen LogP contribution is 2.43. The van der Waals surface area contributed by atoms with Gasteiger partial charge in [-0.25, -0.2) is 9.67 Å². The number of rotatable bonds is 5. The summed E-state index contributed by atoms with van der Waals surface area (Å²) in [5, 5.41) is 6.74. The number of amides is 1. The van der Waals surface area contributed by atoms with E-state index in [4.69, 9.17) is 0 Å². The molecule has 6 nitrogen and oxygen atoms in total. The third-order valence-corrected chi connectivity index (χ3v) is 5.07. The topological polar surface area (TPSA) is 76.9 Å². The molecule has 156 valence electrons. The van der Waals surface area contributed by atoms with Crippen molar-refractivity contribution in [2.24, 2.45) is 0 Å². The minimum atomic E-state index is -4.54. The fourth-order valence-electron chi connectivity index (χ4n) is 3.42. The molecule has 0 aliphatic heterocycles. The summed E-state index contributed by atoms with van der Waals surface area (Å²) >= 11 is 0. The van der Waals surface area contributed by atoms with Gasteiger partial charge in [0.25, 0.3) is 0 Å². The number of halogens is 3. The summed E-state index contributed by atoms with van der Waals surface area (Å²) in [6.07, 6.45) is -2.93. The average molecular weight is 416 g/mol. The van der Waals surface area contributed by atoms with Crippen LogP contribution < -0.4 is 5.32 Å². The Hall–Kier alpha value is -3.23. The van der Waals surface area contributed by atoms with Crippen molar-refractivity contribution in [1.82, 2.24) is 14.8 Å². The number of aromatic nitrogens is 3. The molecule has 0 atom stereocenters. The number of Topliss-reactive ketones (excluding diaryl/α,β-unsaturated/α-hetero) is 1. The molecule has 1 aliphatic rings. The molecule has 2 aromatic heterocycles. The first-order chi connectivity index (χ1) is 14.1. The van der Waals surface area contributed by atoms with Crippen LogP contribution in [0.4, 0.5) is 18.9 Å². The van der Waals surface area contributed by atoms with Crippen LogP contribution in [0, 0.1) is 6.92 Å². The number of pyridine rings is 1. The largest absolute Gasteiger partial charge is 0.417 e. The Balaban J connectivity index is 1.64. The minimum Gasteiger partial charge on any atom is -0.324 e. The zero-order valence-electron chi connectivity index (χ0n) is 16.4. The first kappa shape index (κ1) is 20.1. The van der Waals surface area contributed by atoms with Gasteiger partial charge in [0.15, 0.2) is 11.4 Å². The van der Waals surface area contributed by atoms with Crippen molar-refractivity contribution in [1.29, 1.82) is 0 Å². The molecule has 0 unspecified atom stereocenters. The van der Waals surface area contributed by atoms with E-state index < -0.39 is 17.6 Å². The Morgan fingerprint density at radius 2 is 1.87 bits per heavy atom. The van der Waals surface area contributed by atoms with E-state index in [1.165, 1.54) is 18.5 Å². The summed E-state index contributed by atoms with van der Waals surface area (Å²) < 4.78 is 42.1. The first-order valence-corrected chi connectivity index (χ1v) is 9.49. The van der Waals surface area contributed by atoms with Crippen molar-refractivity contribution < 1.29 is 22.8 Å². The number of benzene rings is 1. The first-order valence-electron chi connectivity index (χ1n) is 9.49. The molecule has 4 rings (SSSR count). The van der Waals surface area contributed by atoms with Gasteiger partial charge in [0, 0.05) is 22.9 Å². The molecule has 3 aromatic rings. The summed E-state index contributed by atoms with van der Waals surface area (Å²) in [6, 6.07) is 7.46. The second-order valence-corrected chi connectivity index (χ2v) is 7.49. The zero-order valence-corrected chi connectivity index (χ0v) is 16.4. The fourth-order valence-corrected chi connectivity index (χ4v) is 3.42. The maximum atomic E-state index is 13.6. The van der Waals surface area contributed by atoms with Crippen molar-refractivity contribution in [2.75, 3.05) is 5.32 Å². The number of nitrogens with zero attached hydrogens (tertiary/aromatic N) is 3. The summed E-state index contributed by atoms with van der Waals surface area (Å²) in [4.78, 5) is 28.2. The minimum absolute atomic E-state index is 0.0211. The number of carbonyl (C=O) groups is 2. The highest BCUT2D eigenvalue weighted by molar-refractivity contribution is 5.96. The molecule has 30 heavy (non-hydrogen) atoms. The number of nitrogens with one attached hydrogen (secondary N) is 1. The summed E-state index contributed by atoms with van der Waals surface area (Å²) in [7, 11) is 0. The van der Waals surface area contributed by atoms with Crippen molar-refractivity contribution >= 4 is 28.4 Å². The third kappa shape index (κ3) is 3.92. The number of hydrogen-bond donors (Lipinski definition) is 1. The molecule has 1 fully saturated rings. The van der Waals surface area contributed by atoms with E-state index in [9.17, 15) is 22.8 Å². The third-order valence-electron chi connectivity index (χ3n) is 5.07. The number of carbonyl (C=O) groups excluding carboxylic acids is 2. The predicted octanol–water partition coefficient (Wildman–Crippen LogP) is 4.48. The highest BCUT2D eigenvalue weighted by atomic mass is 19.4. The van der Waals surface area contributed by atoms with Crippen LogP contribution >= 0.6 is 0 Å². The molecule has 1 aliphatic carbocycles. The fraction of sp³-hybridized carbons (Fsp3) is 0.333. The molecular formula is C21H19F3N4O2. The molecular weight excluding hydrogens is 397 g/mol. The Kier molecular flexibility index (Phi) is 4.83. The van der Waals surface area contributed by atoms with Crippen LogP contribution in [0.25, 0.3) is 11.0 Å². The van der Waals surface area contributed by atoms with Gasteiger partial charge in [-0.15, -0.1) is 0 Å². The van der Waals surface area contributed by atoms with E-state index in [1.807, 2.05) is 0 Å². The van der Waals surface area contributed by atoms with Gasteiger partial charge in [0.2, 0.25) is 5.91 Å². The van der Waals surface area contributed by atoms with Crippen molar-refractivity contribution in [3.8, 4) is 0 Å². The summed E-state index contributed by atoms with van der Waals surface area (Å²) in [6.45, 7) is 2.64. The van der Waals surface area contributed by atoms with E-state index in [-0.39, 0.29) is 35.0 Å². The standard InChI is InChI=1S/C21H19F3N4O2/c1-11-19-16(21(22,23)24)9-17(14-3-4-14)26-20(19)28(27-11)10-18(30)25-15-7-5-13(6-8-15)12(2)29/h5-9,14H,3-4,10H2,1-2H3,(H,25,30). The second kappa shape index (κ2) is 7.23. The van der Waals surface area contributed by atoms with E-state index in [1.54, 1.807) is 24.3 Å². The van der Waals surface area contributed by atoms with E-state index in [2.05, 4.69) is 15.4 Å². The van der Waals surface area contributed by atoms with Crippen LogP contribution in [0.3, 0.4) is 0 Å². The van der Waals surface area contributed by atoms with Gasteiger partial charge in [0.1, 0.15) is 6.54 Å². The second-order valence-electron chi connectivity index (χ2n) is 7.49. The Bertz CT molecular complexity index is 1150. The maximum absolute atomic E-state index is 13.6. The molecule has 1 saturated carbocycles. The van der Waals surface area contributed by atoms with E-state index in [0.717, 1.165) is 18.9 Å².